The highest BCUT2D eigenvalue weighted by atomic mass is 16.6. The summed E-state index contributed by atoms with van der Waals surface area (Å²) in [6.45, 7) is 10.2. The summed E-state index contributed by atoms with van der Waals surface area (Å²) in [5.41, 5.74) is 3.88. The number of aliphatic hydroxyl groups excluding tert-OH is 1. The third-order valence-corrected chi connectivity index (χ3v) is 8.02. The molecule has 5 aromatic rings. The van der Waals surface area contributed by atoms with Crippen LogP contribution in [0.5, 0.6) is 5.88 Å². The molecule has 0 aliphatic rings. The van der Waals surface area contributed by atoms with Crippen LogP contribution in [0.25, 0.3) is 22.7 Å². The topological polar surface area (TPSA) is 204 Å². The van der Waals surface area contributed by atoms with Crippen molar-refractivity contribution in [1.82, 2.24) is 34.5 Å². The minimum atomic E-state index is -0.793. The Kier molecular flexibility index (Phi) is 17.3. The first-order valence-corrected chi connectivity index (χ1v) is 18.3. The van der Waals surface area contributed by atoms with Crippen LogP contribution in [0.1, 0.15) is 30.0 Å². The zero-order chi connectivity index (χ0) is 39.4. The Bertz CT molecular complexity index is 1950. The van der Waals surface area contributed by atoms with Crippen molar-refractivity contribution >= 4 is 22.5 Å². The molecule has 1 aromatic carbocycles. The van der Waals surface area contributed by atoms with E-state index < -0.39 is 6.10 Å². The number of aliphatic hydroxyl groups is 1. The van der Waals surface area contributed by atoms with Crippen molar-refractivity contribution in [3.05, 3.63) is 71.8 Å². The van der Waals surface area contributed by atoms with Crippen molar-refractivity contribution in [3.63, 3.8) is 0 Å². The molecule has 18 heteroatoms. The molecule has 4 heterocycles. The number of methoxy groups -OCH3 is 1. The number of imidazole rings is 1. The lowest BCUT2D eigenvalue weighted by Crippen LogP contribution is -2.15. The molecule has 0 amide bonds. The van der Waals surface area contributed by atoms with Crippen molar-refractivity contribution in [2.24, 2.45) is 0 Å². The molecule has 0 bridgehead atoms. The van der Waals surface area contributed by atoms with E-state index in [1.54, 1.807) is 49.3 Å². The molecule has 0 spiro atoms. The maximum Gasteiger partial charge on any atom is 0.233 e. The van der Waals surface area contributed by atoms with Crippen LogP contribution in [0.2, 0.25) is 0 Å². The predicted octanol–water partition coefficient (Wildman–Crippen LogP) is 3.50. The van der Waals surface area contributed by atoms with Crippen LogP contribution >= 0.6 is 0 Å². The average molecular weight is 776 g/mol. The Hall–Kier alpha value is -5.10. The fraction of sp³-hybridized carbons (Fsp3) is 0.474. The lowest BCUT2D eigenvalue weighted by atomic mass is 10.1. The SMILES string of the molecule is COCCOCCOCCOCCOCCOCCOCCOc1ccc(Nc2ccc3c(c2)ncn3-c2ccc(C(C)O)c(-n3nc(C#N)cc3C)n2)nn1. The number of nitrogens with one attached hydrogen (secondary N) is 1. The van der Waals surface area contributed by atoms with E-state index in [0.717, 1.165) is 22.4 Å². The fourth-order valence-corrected chi connectivity index (χ4v) is 5.26. The molecular formula is C38H49N9O9. The minimum Gasteiger partial charge on any atom is -0.474 e. The number of nitriles is 1. The first kappa shape index (κ1) is 42.1. The normalized spacial score (nSPS) is 11.9. The predicted molar refractivity (Wildman–Crippen MR) is 204 cm³/mol. The van der Waals surface area contributed by atoms with Crippen LogP contribution in [0.3, 0.4) is 0 Å². The van der Waals surface area contributed by atoms with Gasteiger partial charge in [0, 0.05) is 30.1 Å². The van der Waals surface area contributed by atoms with Gasteiger partial charge in [0.1, 0.15) is 24.8 Å². The Morgan fingerprint density at radius 1 is 0.768 bits per heavy atom. The van der Waals surface area contributed by atoms with Gasteiger partial charge >= 0.3 is 0 Å². The number of hydrogen-bond donors (Lipinski definition) is 2. The largest absolute Gasteiger partial charge is 0.474 e. The van der Waals surface area contributed by atoms with Gasteiger partial charge in [0.15, 0.2) is 17.3 Å². The third-order valence-electron chi connectivity index (χ3n) is 8.02. The van der Waals surface area contributed by atoms with Crippen molar-refractivity contribution in [3.8, 4) is 23.6 Å². The van der Waals surface area contributed by atoms with Crippen molar-refractivity contribution in [1.29, 1.82) is 5.26 Å². The number of pyridine rings is 1. The minimum absolute atomic E-state index is 0.266. The molecule has 1 unspecified atom stereocenters. The summed E-state index contributed by atoms with van der Waals surface area (Å²) < 4.78 is 46.7. The molecule has 4 aromatic heterocycles. The van der Waals surface area contributed by atoms with E-state index in [1.807, 2.05) is 35.8 Å². The van der Waals surface area contributed by atoms with Crippen molar-refractivity contribution in [2.75, 3.05) is 105 Å². The number of nitrogens with zero attached hydrogens (tertiary/aromatic N) is 8. The lowest BCUT2D eigenvalue weighted by molar-refractivity contribution is -0.0199. The summed E-state index contributed by atoms with van der Waals surface area (Å²) in [4.78, 5) is 9.40. The zero-order valence-corrected chi connectivity index (χ0v) is 32.0. The van der Waals surface area contributed by atoms with E-state index in [2.05, 4.69) is 31.7 Å². The van der Waals surface area contributed by atoms with Crippen LogP contribution < -0.4 is 10.1 Å². The van der Waals surface area contributed by atoms with Crippen molar-refractivity contribution < 1.29 is 43.0 Å². The summed E-state index contributed by atoms with van der Waals surface area (Å²) in [5.74, 6) is 1.93. The summed E-state index contributed by atoms with van der Waals surface area (Å²) in [5, 5.41) is 35.7. The molecule has 0 radical (unpaired) electrons. The summed E-state index contributed by atoms with van der Waals surface area (Å²) in [7, 11) is 1.64. The second-order valence-corrected chi connectivity index (χ2v) is 12.2. The number of fused-ring (bicyclic) bond motifs is 1. The number of hydrogen-bond acceptors (Lipinski definition) is 16. The van der Waals surface area contributed by atoms with E-state index in [4.69, 9.17) is 42.9 Å². The number of benzene rings is 1. The molecule has 2 N–H and O–H groups in total. The quantitative estimate of drug-likeness (QED) is 0.0733. The molecule has 0 fully saturated rings. The third kappa shape index (κ3) is 13.0. The molecule has 1 atom stereocenters. The summed E-state index contributed by atoms with van der Waals surface area (Å²) >= 11 is 0. The van der Waals surface area contributed by atoms with Gasteiger partial charge in [-0.05, 0) is 56.3 Å². The van der Waals surface area contributed by atoms with Crippen LogP contribution in [-0.4, -0.2) is 139 Å². The molecule has 0 saturated heterocycles. The maximum atomic E-state index is 10.4. The monoisotopic (exact) mass is 775 g/mol. The highest BCUT2D eigenvalue weighted by Gasteiger charge is 2.18. The van der Waals surface area contributed by atoms with E-state index in [9.17, 15) is 10.4 Å². The standard InChI is InChI=1S/C38H49N9O9/c1-28-24-31(26-39)45-47(28)38-32(29(2)48)5-8-36(42-38)46-27-40-33-25-30(4-6-34(33)46)41-35-7-9-37(44-43-35)56-23-22-55-21-20-54-19-18-53-17-16-52-15-14-51-13-12-50-11-10-49-3/h4-9,24-25,27,29,48H,10-23H2,1-3H3,(H,41,43). The molecule has 5 rings (SSSR count). The Balaban J connectivity index is 0.953. The fourth-order valence-electron chi connectivity index (χ4n) is 5.26. The van der Waals surface area contributed by atoms with Crippen LogP contribution in [0.15, 0.2) is 54.9 Å². The molecule has 18 nitrogen and oxygen atoms in total. The van der Waals surface area contributed by atoms with Crippen LogP contribution in [-0.2, 0) is 33.2 Å². The van der Waals surface area contributed by atoms with Gasteiger partial charge in [-0.3, -0.25) is 4.57 Å². The zero-order valence-electron chi connectivity index (χ0n) is 32.0. The van der Waals surface area contributed by atoms with E-state index in [-0.39, 0.29) is 5.69 Å². The average Bonchev–Trinajstić information content (AvgIpc) is 3.81. The smallest absolute Gasteiger partial charge is 0.233 e. The van der Waals surface area contributed by atoms with Gasteiger partial charge < -0.3 is 48.3 Å². The highest BCUT2D eigenvalue weighted by molar-refractivity contribution is 5.82. The first-order valence-electron chi connectivity index (χ1n) is 18.3. The summed E-state index contributed by atoms with van der Waals surface area (Å²) in [6.07, 6.45) is 0.889. The maximum absolute atomic E-state index is 10.4. The van der Waals surface area contributed by atoms with E-state index >= 15 is 0 Å². The second-order valence-electron chi connectivity index (χ2n) is 12.2. The Morgan fingerprint density at radius 2 is 1.39 bits per heavy atom. The molecule has 0 saturated carbocycles. The number of anilines is 2. The van der Waals surface area contributed by atoms with Gasteiger partial charge in [-0.25, -0.2) is 14.6 Å². The van der Waals surface area contributed by atoms with Gasteiger partial charge in [0.2, 0.25) is 5.88 Å². The van der Waals surface area contributed by atoms with E-state index in [1.165, 1.54) is 0 Å². The van der Waals surface area contributed by atoms with Gasteiger partial charge in [0.25, 0.3) is 0 Å². The Labute approximate surface area is 325 Å². The Morgan fingerprint density at radius 3 is 1.95 bits per heavy atom. The van der Waals surface area contributed by atoms with Crippen LogP contribution in [0.4, 0.5) is 11.5 Å². The first-order chi connectivity index (χ1) is 27.5. The molecule has 0 aliphatic carbocycles. The summed E-state index contributed by atoms with van der Waals surface area (Å²) in [6, 6.07) is 16.6. The molecule has 300 valence electrons. The van der Waals surface area contributed by atoms with Gasteiger partial charge in [0.05, 0.1) is 103 Å². The number of rotatable bonds is 27. The highest BCUT2D eigenvalue weighted by Crippen LogP contribution is 2.26. The number of aromatic nitrogens is 7. The van der Waals surface area contributed by atoms with Crippen molar-refractivity contribution in [2.45, 2.75) is 20.0 Å². The number of ether oxygens (including phenoxy) is 8. The van der Waals surface area contributed by atoms with Crippen LogP contribution in [0, 0.1) is 18.3 Å². The number of aryl methyl sites for hydroxylation is 1. The lowest BCUT2D eigenvalue weighted by Gasteiger charge is -2.14. The molecule has 0 aliphatic heterocycles. The second kappa shape index (κ2) is 23.1. The van der Waals surface area contributed by atoms with Gasteiger partial charge in [-0.1, -0.05) is 0 Å². The van der Waals surface area contributed by atoms with Gasteiger partial charge in [-0.2, -0.15) is 10.4 Å². The van der Waals surface area contributed by atoms with E-state index in [0.29, 0.717) is 121 Å². The van der Waals surface area contributed by atoms with Gasteiger partial charge in [-0.15, -0.1) is 10.2 Å². The molecular weight excluding hydrogens is 726 g/mol. The molecule has 56 heavy (non-hydrogen) atoms.